The monoisotopic (exact) mass is 278 g/mol. The fraction of sp³-hybridized carbons (Fsp3) is 0.429. The number of hydrogen-bond acceptors (Lipinski definition) is 4. The summed E-state index contributed by atoms with van der Waals surface area (Å²) in [6.07, 6.45) is 2.11. The Bertz CT molecular complexity index is 474. The minimum atomic E-state index is -0.130. The number of rotatable bonds is 5. The number of thioether (sulfide) groups is 1. The first-order valence-corrected chi connectivity index (χ1v) is 7.49. The molecule has 4 nitrogen and oxygen atoms in total. The highest BCUT2D eigenvalue weighted by Gasteiger charge is 2.12. The first-order chi connectivity index (χ1) is 9.29. The standard InChI is InChI=1S/C14H18N2O2S/c1-2-3-8-18-12-6-4-5-11(10-12)13(17)16-14-15-7-9-19-14/h4-6,10H,2-3,7-9H2,1H3,(H,15,16,17). The molecule has 1 aliphatic rings. The first-order valence-electron chi connectivity index (χ1n) is 6.51. The summed E-state index contributed by atoms with van der Waals surface area (Å²) in [7, 11) is 0. The average molecular weight is 278 g/mol. The van der Waals surface area contributed by atoms with Crippen LogP contribution in [0, 0.1) is 0 Å². The maximum absolute atomic E-state index is 12.0. The average Bonchev–Trinajstić information content (AvgIpc) is 2.92. The molecule has 0 bridgehead atoms. The van der Waals surface area contributed by atoms with Gasteiger partial charge in [-0.3, -0.25) is 9.79 Å². The summed E-state index contributed by atoms with van der Waals surface area (Å²) in [4.78, 5) is 16.2. The number of ether oxygens (including phenoxy) is 1. The Morgan fingerprint density at radius 2 is 2.42 bits per heavy atom. The Labute approximate surface area is 117 Å². The fourth-order valence-corrected chi connectivity index (χ4v) is 2.36. The molecular formula is C14H18N2O2S. The van der Waals surface area contributed by atoms with Gasteiger partial charge in [-0.2, -0.15) is 0 Å². The molecule has 0 atom stereocenters. The largest absolute Gasteiger partial charge is 0.494 e. The van der Waals surface area contributed by atoms with Gasteiger partial charge in [0.1, 0.15) is 5.75 Å². The van der Waals surface area contributed by atoms with Crippen molar-refractivity contribution in [2.24, 2.45) is 4.99 Å². The van der Waals surface area contributed by atoms with Gasteiger partial charge in [0, 0.05) is 11.3 Å². The number of benzene rings is 1. The quantitative estimate of drug-likeness (QED) is 0.843. The Hall–Kier alpha value is -1.49. The summed E-state index contributed by atoms with van der Waals surface area (Å²) in [5, 5.41) is 3.52. The Balaban J connectivity index is 1.95. The molecule has 1 heterocycles. The molecule has 0 radical (unpaired) electrons. The molecule has 0 unspecified atom stereocenters. The maximum Gasteiger partial charge on any atom is 0.257 e. The molecule has 102 valence electrons. The molecule has 1 aromatic rings. The Morgan fingerprint density at radius 3 is 3.16 bits per heavy atom. The molecule has 5 heteroatoms. The summed E-state index contributed by atoms with van der Waals surface area (Å²) in [5.41, 5.74) is 0.601. The molecule has 0 aliphatic carbocycles. The number of amidine groups is 1. The van der Waals surface area contributed by atoms with Gasteiger partial charge in [0.25, 0.3) is 5.91 Å². The topological polar surface area (TPSA) is 50.7 Å². The zero-order valence-corrected chi connectivity index (χ0v) is 11.8. The minimum Gasteiger partial charge on any atom is -0.494 e. The van der Waals surface area contributed by atoms with E-state index in [1.807, 2.05) is 12.1 Å². The summed E-state index contributed by atoms with van der Waals surface area (Å²) in [6, 6.07) is 7.25. The van der Waals surface area contributed by atoms with Crippen molar-refractivity contribution in [3.63, 3.8) is 0 Å². The SMILES string of the molecule is CCCCOc1cccc(C(=O)NC2=NCCS2)c1. The van der Waals surface area contributed by atoms with Crippen LogP contribution in [0.1, 0.15) is 30.1 Å². The normalized spacial score (nSPS) is 14.1. The van der Waals surface area contributed by atoms with E-state index in [0.717, 1.165) is 30.9 Å². The Morgan fingerprint density at radius 1 is 1.53 bits per heavy atom. The smallest absolute Gasteiger partial charge is 0.257 e. The van der Waals surface area contributed by atoms with Gasteiger partial charge in [-0.25, -0.2) is 0 Å². The fourth-order valence-electron chi connectivity index (χ4n) is 1.64. The summed E-state index contributed by atoms with van der Waals surface area (Å²) in [5.74, 6) is 1.55. The van der Waals surface area contributed by atoms with Crippen LogP contribution in [-0.2, 0) is 0 Å². The molecule has 0 spiro atoms. The third-order valence-electron chi connectivity index (χ3n) is 2.67. The van der Waals surface area contributed by atoms with Crippen molar-refractivity contribution in [3.05, 3.63) is 29.8 Å². The van der Waals surface area contributed by atoms with E-state index in [2.05, 4.69) is 17.2 Å². The molecule has 2 rings (SSSR count). The van der Waals surface area contributed by atoms with Crippen LogP contribution in [-0.4, -0.2) is 30.0 Å². The second-order valence-corrected chi connectivity index (χ2v) is 5.30. The van der Waals surface area contributed by atoms with Crippen molar-refractivity contribution in [2.45, 2.75) is 19.8 Å². The molecule has 1 amide bonds. The number of aliphatic imine (C=N–C) groups is 1. The van der Waals surface area contributed by atoms with Crippen molar-refractivity contribution in [2.75, 3.05) is 18.9 Å². The van der Waals surface area contributed by atoms with Gasteiger partial charge in [0.2, 0.25) is 0 Å². The lowest BCUT2D eigenvalue weighted by atomic mass is 10.2. The van der Waals surface area contributed by atoms with Gasteiger partial charge < -0.3 is 10.1 Å². The first kappa shape index (κ1) is 13.9. The molecule has 0 fully saturated rings. The number of unbranched alkanes of at least 4 members (excludes halogenated alkanes) is 1. The van der Waals surface area contributed by atoms with Gasteiger partial charge in [-0.05, 0) is 24.6 Å². The molecule has 0 saturated carbocycles. The molecule has 0 saturated heterocycles. The summed E-state index contributed by atoms with van der Waals surface area (Å²) in [6.45, 7) is 3.58. The van der Waals surface area contributed by atoms with Crippen LogP contribution in [0.4, 0.5) is 0 Å². The zero-order valence-electron chi connectivity index (χ0n) is 11.0. The van der Waals surface area contributed by atoms with Crippen LogP contribution >= 0.6 is 11.8 Å². The molecule has 1 aliphatic heterocycles. The second-order valence-electron chi connectivity index (χ2n) is 4.22. The van der Waals surface area contributed by atoms with E-state index < -0.39 is 0 Å². The maximum atomic E-state index is 12.0. The Kier molecular flexibility index (Phi) is 5.27. The second kappa shape index (κ2) is 7.19. The predicted octanol–water partition coefficient (Wildman–Crippen LogP) is 2.70. The minimum absolute atomic E-state index is 0.130. The number of nitrogens with one attached hydrogen (secondary N) is 1. The van der Waals surface area contributed by atoms with E-state index in [1.165, 1.54) is 0 Å². The molecule has 19 heavy (non-hydrogen) atoms. The van der Waals surface area contributed by atoms with Crippen molar-refractivity contribution in [1.29, 1.82) is 0 Å². The van der Waals surface area contributed by atoms with Gasteiger partial charge in [0.05, 0.1) is 13.2 Å². The molecule has 1 aromatic carbocycles. The molecular weight excluding hydrogens is 260 g/mol. The van der Waals surface area contributed by atoms with E-state index in [0.29, 0.717) is 17.3 Å². The number of hydrogen-bond donors (Lipinski definition) is 1. The van der Waals surface area contributed by atoms with Gasteiger partial charge in [-0.15, -0.1) is 0 Å². The highest BCUT2D eigenvalue weighted by Crippen LogP contribution is 2.15. The van der Waals surface area contributed by atoms with Gasteiger partial charge in [0.15, 0.2) is 5.17 Å². The van der Waals surface area contributed by atoms with Crippen molar-refractivity contribution < 1.29 is 9.53 Å². The summed E-state index contributed by atoms with van der Waals surface area (Å²) >= 11 is 1.57. The highest BCUT2D eigenvalue weighted by atomic mass is 32.2. The summed E-state index contributed by atoms with van der Waals surface area (Å²) < 4.78 is 5.59. The van der Waals surface area contributed by atoms with Crippen LogP contribution < -0.4 is 10.1 Å². The van der Waals surface area contributed by atoms with E-state index >= 15 is 0 Å². The van der Waals surface area contributed by atoms with Crippen LogP contribution in [0.5, 0.6) is 5.75 Å². The number of nitrogens with zero attached hydrogens (tertiary/aromatic N) is 1. The van der Waals surface area contributed by atoms with Crippen molar-refractivity contribution in [1.82, 2.24) is 5.32 Å². The zero-order chi connectivity index (χ0) is 13.5. The van der Waals surface area contributed by atoms with E-state index in [9.17, 15) is 4.79 Å². The lowest BCUT2D eigenvalue weighted by molar-refractivity contribution is 0.0977. The lowest BCUT2D eigenvalue weighted by Gasteiger charge is -2.08. The van der Waals surface area contributed by atoms with Crippen molar-refractivity contribution >= 4 is 22.8 Å². The molecule has 1 N–H and O–H groups in total. The van der Waals surface area contributed by atoms with Gasteiger partial charge in [-0.1, -0.05) is 31.2 Å². The number of amides is 1. The van der Waals surface area contributed by atoms with Crippen LogP contribution in [0.3, 0.4) is 0 Å². The van der Waals surface area contributed by atoms with Crippen molar-refractivity contribution in [3.8, 4) is 5.75 Å². The highest BCUT2D eigenvalue weighted by molar-refractivity contribution is 8.14. The predicted molar refractivity (Wildman–Crippen MR) is 79.1 cm³/mol. The van der Waals surface area contributed by atoms with E-state index in [4.69, 9.17) is 4.74 Å². The number of carbonyl (C=O) groups excluding carboxylic acids is 1. The lowest BCUT2D eigenvalue weighted by Crippen LogP contribution is -2.27. The third-order valence-corrected chi connectivity index (χ3v) is 3.56. The number of carbonyl (C=O) groups is 1. The van der Waals surface area contributed by atoms with E-state index in [1.54, 1.807) is 23.9 Å². The molecule has 0 aromatic heterocycles. The van der Waals surface area contributed by atoms with Crippen LogP contribution in [0.2, 0.25) is 0 Å². The van der Waals surface area contributed by atoms with Crippen LogP contribution in [0.15, 0.2) is 29.3 Å². The third kappa shape index (κ3) is 4.28. The van der Waals surface area contributed by atoms with Gasteiger partial charge >= 0.3 is 0 Å². The van der Waals surface area contributed by atoms with E-state index in [-0.39, 0.29) is 5.91 Å². The van der Waals surface area contributed by atoms with Crippen LogP contribution in [0.25, 0.3) is 0 Å².